The number of methoxy groups -OCH3 is 2. The van der Waals surface area contributed by atoms with Crippen molar-refractivity contribution < 1.29 is 28.6 Å². The molecule has 0 aromatic heterocycles. The highest BCUT2D eigenvalue weighted by Gasteiger charge is 2.45. The minimum atomic E-state index is -1.11. The molecule has 0 spiro atoms. The number of hydrogen-bond acceptors (Lipinski definition) is 4. The van der Waals surface area contributed by atoms with E-state index in [9.17, 15) is 14.0 Å². The molecule has 0 radical (unpaired) electrons. The zero-order valence-electron chi connectivity index (χ0n) is 15.0. The Balaban J connectivity index is 1.69. The van der Waals surface area contributed by atoms with Crippen LogP contribution in [0.4, 0.5) is 10.1 Å². The van der Waals surface area contributed by atoms with Crippen LogP contribution in [-0.4, -0.2) is 31.2 Å². The van der Waals surface area contributed by atoms with Crippen LogP contribution in [0.25, 0.3) is 0 Å². The van der Waals surface area contributed by atoms with E-state index in [0.717, 1.165) is 11.6 Å². The molecule has 2 N–H and O–H groups in total. The lowest BCUT2D eigenvalue weighted by Gasteiger charge is -2.11. The van der Waals surface area contributed by atoms with Gasteiger partial charge < -0.3 is 19.9 Å². The molecule has 2 unspecified atom stereocenters. The lowest BCUT2D eigenvalue weighted by atomic mass is 10.1. The lowest BCUT2D eigenvalue weighted by molar-refractivity contribution is -0.136. The van der Waals surface area contributed by atoms with Crippen LogP contribution in [0.2, 0.25) is 0 Å². The van der Waals surface area contributed by atoms with Gasteiger partial charge in [-0.2, -0.15) is 0 Å². The Bertz CT molecular complexity index is 883. The maximum absolute atomic E-state index is 14.0. The van der Waals surface area contributed by atoms with Gasteiger partial charge in [-0.05, 0) is 42.3 Å². The Morgan fingerprint density at radius 3 is 2.59 bits per heavy atom. The number of nitrogens with one attached hydrogen (secondary N) is 1. The predicted octanol–water partition coefficient (Wildman–Crippen LogP) is 3.21. The fourth-order valence-electron chi connectivity index (χ4n) is 3.12. The number of halogens is 1. The zero-order valence-corrected chi connectivity index (χ0v) is 15.0. The van der Waals surface area contributed by atoms with Crippen molar-refractivity contribution in [3.63, 3.8) is 0 Å². The van der Waals surface area contributed by atoms with Crippen molar-refractivity contribution in [3.05, 3.63) is 53.3 Å². The first-order valence-corrected chi connectivity index (χ1v) is 8.46. The summed E-state index contributed by atoms with van der Waals surface area (Å²) in [5.41, 5.74) is 1.28. The number of amides is 1. The number of ether oxygens (including phenoxy) is 2. The van der Waals surface area contributed by atoms with Crippen LogP contribution >= 0.6 is 0 Å². The van der Waals surface area contributed by atoms with Gasteiger partial charge in [-0.15, -0.1) is 0 Å². The van der Waals surface area contributed by atoms with E-state index >= 15 is 0 Å². The highest BCUT2D eigenvalue weighted by atomic mass is 19.1. The molecular weight excluding hydrogens is 353 g/mol. The third-order valence-corrected chi connectivity index (χ3v) is 4.63. The molecule has 2 aromatic rings. The highest BCUT2D eigenvalue weighted by molar-refractivity contribution is 5.95. The van der Waals surface area contributed by atoms with Gasteiger partial charge in [0, 0.05) is 23.1 Å². The number of anilines is 1. The van der Waals surface area contributed by atoms with Gasteiger partial charge in [0.25, 0.3) is 0 Å². The zero-order chi connectivity index (χ0) is 19.6. The summed E-state index contributed by atoms with van der Waals surface area (Å²) in [6, 6.07) is 9.47. The van der Waals surface area contributed by atoms with Crippen molar-refractivity contribution in [2.24, 2.45) is 5.92 Å². The summed E-state index contributed by atoms with van der Waals surface area (Å²) in [7, 11) is 3.15. The standard InChI is InChI=1S/C20H20FNO5/c1-26-13-5-6-18(27-2)15(9-13)14-10-16(14)20(25)22-12-4-3-11(7-19(23)24)17(21)8-12/h3-6,8-9,14,16H,7,10H2,1-2H3,(H,22,25)(H,23,24). The molecule has 0 bridgehead atoms. The van der Waals surface area contributed by atoms with Crippen LogP contribution in [0, 0.1) is 11.7 Å². The number of carboxylic acid groups (broad SMARTS) is 1. The third-order valence-electron chi connectivity index (χ3n) is 4.63. The minimum Gasteiger partial charge on any atom is -0.497 e. The van der Waals surface area contributed by atoms with Gasteiger partial charge in [-0.3, -0.25) is 9.59 Å². The Morgan fingerprint density at radius 2 is 1.96 bits per heavy atom. The maximum Gasteiger partial charge on any atom is 0.307 e. The van der Waals surface area contributed by atoms with Crippen LogP contribution in [0.3, 0.4) is 0 Å². The second-order valence-corrected chi connectivity index (χ2v) is 6.42. The van der Waals surface area contributed by atoms with Crippen molar-refractivity contribution in [1.82, 2.24) is 0 Å². The average Bonchev–Trinajstić information content (AvgIpc) is 3.44. The van der Waals surface area contributed by atoms with E-state index < -0.39 is 18.2 Å². The molecule has 1 fully saturated rings. The van der Waals surface area contributed by atoms with Gasteiger partial charge in [0.15, 0.2) is 0 Å². The van der Waals surface area contributed by atoms with Crippen molar-refractivity contribution in [3.8, 4) is 11.5 Å². The Kier molecular flexibility index (Phi) is 5.30. The third kappa shape index (κ3) is 4.19. The van der Waals surface area contributed by atoms with E-state index in [1.54, 1.807) is 26.4 Å². The number of hydrogen-bond donors (Lipinski definition) is 2. The molecule has 2 atom stereocenters. The molecule has 1 aliphatic carbocycles. The molecule has 3 rings (SSSR count). The van der Waals surface area contributed by atoms with E-state index in [0.29, 0.717) is 23.6 Å². The molecule has 0 heterocycles. The summed E-state index contributed by atoms with van der Waals surface area (Å²) in [4.78, 5) is 23.2. The van der Waals surface area contributed by atoms with E-state index in [1.807, 2.05) is 6.07 Å². The maximum atomic E-state index is 14.0. The largest absolute Gasteiger partial charge is 0.497 e. The number of rotatable bonds is 7. The lowest BCUT2D eigenvalue weighted by Crippen LogP contribution is -2.15. The van der Waals surface area contributed by atoms with Crippen LogP contribution in [0.5, 0.6) is 11.5 Å². The number of carboxylic acids is 1. The number of carbonyl (C=O) groups is 2. The van der Waals surface area contributed by atoms with Crippen LogP contribution in [0.1, 0.15) is 23.5 Å². The smallest absolute Gasteiger partial charge is 0.307 e. The molecular formula is C20H20FNO5. The Hall–Kier alpha value is -3.09. The SMILES string of the molecule is COc1ccc(OC)c(C2CC2C(=O)Nc2ccc(CC(=O)O)c(F)c2)c1. The number of carbonyl (C=O) groups excluding carboxylic acids is 1. The molecule has 27 heavy (non-hydrogen) atoms. The molecule has 0 aliphatic heterocycles. The van der Waals surface area contributed by atoms with Gasteiger partial charge in [-0.1, -0.05) is 6.07 Å². The van der Waals surface area contributed by atoms with E-state index in [2.05, 4.69) is 5.32 Å². The first kappa shape index (κ1) is 18.7. The summed E-state index contributed by atoms with van der Waals surface area (Å²) in [5, 5.41) is 11.4. The summed E-state index contributed by atoms with van der Waals surface area (Å²) in [6.07, 6.45) is 0.259. The second-order valence-electron chi connectivity index (χ2n) is 6.42. The van der Waals surface area contributed by atoms with Gasteiger partial charge in [0.1, 0.15) is 17.3 Å². The minimum absolute atomic E-state index is 0.00572. The van der Waals surface area contributed by atoms with E-state index in [1.165, 1.54) is 12.1 Å². The monoisotopic (exact) mass is 373 g/mol. The predicted molar refractivity (Wildman–Crippen MR) is 96.8 cm³/mol. The fourth-order valence-corrected chi connectivity index (χ4v) is 3.12. The van der Waals surface area contributed by atoms with Gasteiger partial charge in [0.05, 0.1) is 20.6 Å². The van der Waals surface area contributed by atoms with E-state index in [-0.39, 0.29) is 23.3 Å². The quantitative estimate of drug-likeness (QED) is 0.778. The average molecular weight is 373 g/mol. The fraction of sp³-hybridized carbons (Fsp3) is 0.300. The van der Waals surface area contributed by atoms with Crippen LogP contribution in [-0.2, 0) is 16.0 Å². The molecule has 1 aliphatic rings. The molecule has 1 saturated carbocycles. The molecule has 0 saturated heterocycles. The van der Waals surface area contributed by atoms with Crippen molar-refractivity contribution >= 4 is 17.6 Å². The Morgan fingerprint density at radius 1 is 1.19 bits per heavy atom. The topological polar surface area (TPSA) is 84.9 Å². The van der Waals surface area contributed by atoms with Crippen LogP contribution in [0.15, 0.2) is 36.4 Å². The molecule has 7 heteroatoms. The molecule has 142 valence electrons. The molecule has 6 nitrogen and oxygen atoms in total. The first-order chi connectivity index (χ1) is 12.9. The highest BCUT2D eigenvalue weighted by Crippen LogP contribution is 2.51. The van der Waals surface area contributed by atoms with Crippen molar-refractivity contribution in [2.45, 2.75) is 18.8 Å². The summed E-state index contributed by atoms with van der Waals surface area (Å²) < 4.78 is 24.6. The van der Waals surface area contributed by atoms with Crippen molar-refractivity contribution in [2.75, 3.05) is 19.5 Å². The van der Waals surface area contributed by atoms with Gasteiger partial charge in [0.2, 0.25) is 5.91 Å². The first-order valence-electron chi connectivity index (χ1n) is 8.46. The summed E-state index contributed by atoms with van der Waals surface area (Å²) in [6.45, 7) is 0. The normalized spacial score (nSPS) is 17.9. The number of benzene rings is 2. The van der Waals surface area contributed by atoms with Gasteiger partial charge in [-0.25, -0.2) is 4.39 Å². The summed E-state index contributed by atoms with van der Waals surface area (Å²) in [5.74, 6) is -0.835. The second kappa shape index (κ2) is 7.65. The summed E-state index contributed by atoms with van der Waals surface area (Å²) >= 11 is 0. The van der Waals surface area contributed by atoms with Crippen LogP contribution < -0.4 is 14.8 Å². The number of aliphatic carboxylic acids is 1. The molecule has 1 amide bonds. The van der Waals surface area contributed by atoms with Crippen molar-refractivity contribution in [1.29, 1.82) is 0 Å². The van der Waals surface area contributed by atoms with Gasteiger partial charge >= 0.3 is 5.97 Å². The van der Waals surface area contributed by atoms with E-state index in [4.69, 9.17) is 14.6 Å². The molecule has 2 aromatic carbocycles. The Labute approximate surface area is 155 Å².